The zero-order chi connectivity index (χ0) is 7.91. The third-order valence-corrected chi connectivity index (χ3v) is 1.59. The van der Waals surface area contributed by atoms with E-state index in [9.17, 15) is 0 Å². The van der Waals surface area contributed by atoms with Crippen molar-refractivity contribution in [3.05, 3.63) is 12.3 Å². The minimum atomic E-state index is -0.992. The van der Waals surface area contributed by atoms with Crippen LogP contribution in [0.4, 0.5) is 0 Å². The van der Waals surface area contributed by atoms with Crippen LogP contribution >= 0.6 is 19.4 Å². The van der Waals surface area contributed by atoms with Gasteiger partial charge in [-0.1, -0.05) is 19.6 Å². The van der Waals surface area contributed by atoms with Crippen LogP contribution in [0.15, 0.2) is 6.58 Å². The summed E-state index contributed by atoms with van der Waals surface area (Å²) in [7, 11) is 8.91. The first-order valence-corrected chi connectivity index (χ1v) is 13.9. The van der Waals surface area contributed by atoms with Crippen molar-refractivity contribution in [2.24, 2.45) is 0 Å². The van der Waals surface area contributed by atoms with Gasteiger partial charge < -0.3 is 5.70 Å². The van der Waals surface area contributed by atoms with E-state index < -0.39 is 23.2 Å². The van der Waals surface area contributed by atoms with E-state index in [0.29, 0.717) is 0 Å². The number of rotatable bonds is 1. The molecule has 0 aromatic rings. The zero-order valence-corrected chi connectivity index (χ0v) is 11.6. The predicted octanol–water partition coefficient (Wildman–Crippen LogP) is 3.23. The Morgan fingerprint density at radius 3 is 1.44 bits per heavy atom. The molecular formula is C5H11Cl2SiZn-. The van der Waals surface area contributed by atoms with Gasteiger partial charge in [0.05, 0.1) is 0 Å². The van der Waals surface area contributed by atoms with E-state index in [-0.39, 0.29) is 0 Å². The van der Waals surface area contributed by atoms with Crippen molar-refractivity contribution in [3.63, 3.8) is 0 Å². The van der Waals surface area contributed by atoms with E-state index in [1.807, 2.05) is 0 Å². The van der Waals surface area contributed by atoms with E-state index in [0.717, 1.165) is 0 Å². The average molecular weight is 236 g/mol. The van der Waals surface area contributed by atoms with Crippen LogP contribution in [0.2, 0.25) is 19.6 Å². The molecule has 0 unspecified atom stereocenters. The van der Waals surface area contributed by atoms with Crippen molar-refractivity contribution in [1.82, 2.24) is 0 Å². The van der Waals surface area contributed by atoms with Crippen molar-refractivity contribution < 1.29 is 15.1 Å². The van der Waals surface area contributed by atoms with E-state index in [2.05, 4.69) is 31.9 Å². The average Bonchev–Trinajstić information content (AvgIpc) is 1.67. The van der Waals surface area contributed by atoms with Crippen molar-refractivity contribution in [2.45, 2.75) is 19.6 Å². The van der Waals surface area contributed by atoms with Gasteiger partial charge in [-0.3, -0.25) is 6.58 Å². The molecule has 0 aliphatic heterocycles. The summed E-state index contributed by atoms with van der Waals surface area (Å²) in [6.07, 6.45) is 0. The van der Waals surface area contributed by atoms with Crippen molar-refractivity contribution >= 4 is 27.5 Å². The molecule has 9 heavy (non-hydrogen) atoms. The Morgan fingerprint density at radius 1 is 1.33 bits per heavy atom. The Kier molecular flexibility index (Phi) is 10.3. The van der Waals surface area contributed by atoms with Gasteiger partial charge in [-0.15, -0.1) is 8.07 Å². The fraction of sp³-hybridized carbons (Fsp3) is 0.600. The Morgan fingerprint density at radius 2 is 1.44 bits per heavy atom. The van der Waals surface area contributed by atoms with Gasteiger partial charge in [-0.05, 0) is 0 Å². The summed E-state index contributed by atoms with van der Waals surface area (Å²) in [5.41, 5.74) is 2.99. The van der Waals surface area contributed by atoms with Crippen LogP contribution in [-0.2, 0) is 15.1 Å². The second-order valence-electron chi connectivity index (χ2n) is 2.53. The molecule has 4 heteroatoms. The van der Waals surface area contributed by atoms with Gasteiger partial charge in [0.15, 0.2) is 0 Å². The second kappa shape index (κ2) is 7.27. The molecule has 0 rings (SSSR count). The molecule has 0 nitrogen and oxygen atoms in total. The number of hydrogen-bond acceptors (Lipinski definition) is 0. The molecule has 0 radical (unpaired) electrons. The Balaban J connectivity index is 0. The maximum atomic E-state index is 4.95. The Bertz CT molecular complexity index is 69.8. The first-order chi connectivity index (χ1) is 3.97. The standard InChI is InChI=1S/C5H11Si.2ClH.Zn/c1-5-6(2,3)4;;;/h1H2,2-4H3;2*1H;/q-1;;;+2/p-2. The summed E-state index contributed by atoms with van der Waals surface area (Å²) in [6.45, 7) is 10.2. The molecule has 0 N–H and O–H groups in total. The molecule has 0 saturated carbocycles. The first kappa shape index (κ1) is 12.8. The van der Waals surface area contributed by atoms with E-state index in [1.165, 1.54) is 0 Å². The van der Waals surface area contributed by atoms with Crippen LogP contribution in [0.25, 0.3) is 0 Å². The fourth-order valence-corrected chi connectivity index (χ4v) is 0. The van der Waals surface area contributed by atoms with Crippen LogP contribution in [0.1, 0.15) is 0 Å². The van der Waals surface area contributed by atoms with Gasteiger partial charge in [0, 0.05) is 0 Å². The molecule has 0 atom stereocenters. The maximum absolute atomic E-state index is 4.95. The van der Waals surface area contributed by atoms with Gasteiger partial charge in [0.2, 0.25) is 0 Å². The monoisotopic (exact) mass is 233 g/mol. The normalized spacial score (nSPS) is 8.56. The topological polar surface area (TPSA) is 0 Å². The molecular weight excluding hydrogens is 224 g/mol. The summed E-state index contributed by atoms with van der Waals surface area (Å²) >= 11 is -0.931. The zero-order valence-electron chi connectivity index (χ0n) is 6.17. The summed E-state index contributed by atoms with van der Waals surface area (Å²) in [5.74, 6) is 0. The molecule has 0 aliphatic carbocycles. The van der Waals surface area contributed by atoms with Crippen LogP contribution in [-0.4, -0.2) is 8.07 Å². The molecule has 0 bridgehead atoms. The third-order valence-electron chi connectivity index (χ3n) is 0.530. The molecule has 0 amide bonds. The Hall–Kier alpha value is 1.16. The number of hydrogen-bond donors (Lipinski definition) is 0. The summed E-state index contributed by atoms with van der Waals surface area (Å²) in [6, 6.07) is 0. The second-order valence-corrected chi connectivity index (χ2v) is 12.0. The van der Waals surface area contributed by atoms with Crippen LogP contribution < -0.4 is 0 Å². The van der Waals surface area contributed by atoms with E-state index in [1.54, 1.807) is 0 Å². The van der Waals surface area contributed by atoms with Gasteiger partial charge in [-0.2, -0.15) is 0 Å². The molecule has 0 spiro atoms. The fourth-order valence-electron chi connectivity index (χ4n) is 0. The molecule has 0 heterocycles. The predicted molar refractivity (Wildman–Crippen MR) is 43.9 cm³/mol. The van der Waals surface area contributed by atoms with Gasteiger partial charge >= 0.3 is 34.5 Å². The molecule has 0 fully saturated rings. The number of halogens is 2. The van der Waals surface area contributed by atoms with E-state index in [4.69, 9.17) is 19.4 Å². The summed E-state index contributed by atoms with van der Waals surface area (Å²) < 4.78 is 0. The van der Waals surface area contributed by atoms with E-state index >= 15 is 0 Å². The SMILES string of the molecule is C=[C-][Si](C)(C)C.[Cl][Zn][Cl]. The molecule has 52 valence electrons. The van der Waals surface area contributed by atoms with Crippen molar-refractivity contribution in [1.29, 1.82) is 0 Å². The van der Waals surface area contributed by atoms with Gasteiger partial charge in [0.25, 0.3) is 0 Å². The van der Waals surface area contributed by atoms with Crippen LogP contribution in [0.5, 0.6) is 0 Å². The molecule has 0 aromatic carbocycles. The van der Waals surface area contributed by atoms with Crippen LogP contribution in [0, 0.1) is 5.70 Å². The van der Waals surface area contributed by atoms with Crippen molar-refractivity contribution in [2.75, 3.05) is 0 Å². The minimum absolute atomic E-state index is 0.931. The van der Waals surface area contributed by atoms with Crippen molar-refractivity contribution in [3.8, 4) is 0 Å². The summed E-state index contributed by atoms with van der Waals surface area (Å²) in [5, 5.41) is 0. The molecule has 0 aliphatic rings. The first-order valence-electron chi connectivity index (χ1n) is 2.64. The Labute approximate surface area is 74.3 Å². The van der Waals surface area contributed by atoms with Crippen LogP contribution in [0.3, 0.4) is 0 Å². The third kappa shape index (κ3) is 27.1. The summed E-state index contributed by atoms with van der Waals surface area (Å²) in [4.78, 5) is 0. The van der Waals surface area contributed by atoms with Gasteiger partial charge in [0.1, 0.15) is 0 Å². The quantitative estimate of drug-likeness (QED) is 0.483. The van der Waals surface area contributed by atoms with Gasteiger partial charge in [-0.25, -0.2) is 0 Å². The molecule has 0 aromatic heterocycles. The molecule has 0 saturated heterocycles.